The largest absolute Gasteiger partial charge is 0.455 e. The molecule has 13 heteroatoms. The minimum absolute atomic E-state index is 0.380. The summed E-state index contributed by atoms with van der Waals surface area (Å²) in [6.07, 6.45) is -13.2. The Bertz CT molecular complexity index is 625. The van der Waals surface area contributed by atoms with Crippen molar-refractivity contribution in [1.29, 1.82) is 0 Å². The van der Waals surface area contributed by atoms with Crippen molar-refractivity contribution in [3.8, 4) is 0 Å². The molecule has 2 fully saturated rings. The van der Waals surface area contributed by atoms with Gasteiger partial charge < -0.3 is 48.8 Å². The lowest BCUT2D eigenvalue weighted by Gasteiger charge is -2.45. The number of hydrogen-bond acceptors (Lipinski definition) is 13. The fourth-order valence-electron chi connectivity index (χ4n) is 3.20. The highest BCUT2D eigenvalue weighted by Gasteiger charge is 2.53. The molecule has 172 valence electrons. The van der Waals surface area contributed by atoms with Crippen molar-refractivity contribution in [2.75, 3.05) is 13.2 Å². The third-order valence-electron chi connectivity index (χ3n) is 4.42. The van der Waals surface area contributed by atoms with Crippen molar-refractivity contribution >= 4 is 17.9 Å². The smallest absolute Gasteiger partial charge is 0.303 e. The highest BCUT2D eigenvalue weighted by Crippen LogP contribution is 2.31. The average molecular weight is 438 g/mol. The van der Waals surface area contributed by atoms with Crippen LogP contribution in [0.3, 0.4) is 0 Å². The van der Waals surface area contributed by atoms with Gasteiger partial charge in [-0.2, -0.15) is 0 Å². The molecule has 0 radical (unpaired) electrons. The number of ether oxygens (including phenoxy) is 6. The van der Waals surface area contributed by atoms with Crippen molar-refractivity contribution in [3.05, 3.63) is 0 Å². The van der Waals surface area contributed by atoms with Gasteiger partial charge in [0.2, 0.25) is 0 Å². The molecular formula is C17H26O13. The van der Waals surface area contributed by atoms with Gasteiger partial charge in [-0.3, -0.25) is 14.4 Å². The molecule has 0 unspecified atom stereocenters. The van der Waals surface area contributed by atoms with E-state index in [0.29, 0.717) is 0 Å². The molecular weight excluding hydrogens is 412 g/mol. The Morgan fingerprint density at radius 2 is 1.40 bits per heavy atom. The molecule has 2 heterocycles. The number of rotatable bonds is 6. The molecule has 0 aromatic heterocycles. The first-order valence-electron chi connectivity index (χ1n) is 9.14. The van der Waals surface area contributed by atoms with E-state index in [1.54, 1.807) is 0 Å². The number of carbonyl (C=O) groups excluding carboxylic acids is 3. The number of carbonyl (C=O) groups is 3. The van der Waals surface area contributed by atoms with E-state index in [2.05, 4.69) is 0 Å². The summed E-state index contributed by atoms with van der Waals surface area (Å²) >= 11 is 0. The van der Waals surface area contributed by atoms with Gasteiger partial charge in [0, 0.05) is 20.8 Å². The van der Waals surface area contributed by atoms with E-state index in [0.717, 1.165) is 20.8 Å². The molecule has 0 saturated carbocycles. The predicted molar refractivity (Wildman–Crippen MR) is 91.3 cm³/mol. The maximum Gasteiger partial charge on any atom is 0.303 e. The van der Waals surface area contributed by atoms with Crippen molar-refractivity contribution in [2.24, 2.45) is 0 Å². The van der Waals surface area contributed by atoms with Gasteiger partial charge in [-0.1, -0.05) is 0 Å². The predicted octanol–water partition coefficient (Wildman–Crippen LogP) is -3.05. The van der Waals surface area contributed by atoms with Crippen molar-refractivity contribution in [2.45, 2.75) is 76.1 Å². The third kappa shape index (κ3) is 5.85. The van der Waals surface area contributed by atoms with Gasteiger partial charge in [0.15, 0.2) is 30.9 Å². The zero-order valence-electron chi connectivity index (χ0n) is 16.6. The van der Waals surface area contributed by atoms with Crippen LogP contribution in [-0.2, 0) is 42.8 Å². The van der Waals surface area contributed by atoms with Gasteiger partial charge in [0.05, 0.1) is 13.2 Å². The van der Waals surface area contributed by atoms with Crippen LogP contribution in [0.2, 0.25) is 0 Å². The minimum atomic E-state index is -1.75. The minimum Gasteiger partial charge on any atom is -0.455 e. The fourth-order valence-corrected chi connectivity index (χ4v) is 3.20. The first-order chi connectivity index (χ1) is 14.0. The second kappa shape index (κ2) is 10.4. The summed E-state index contributed by atoms with van der Waals surface area (Å²) in [5.74, 6) is -2.42. The van der Waals surface area contributed by atoms with Crippen LogP contribution in [0.5, 0.6) is 0 Å². The maximum absolute atomic E-state index is 11.6. The first-order valence-corrected chi connectivity index (χ1v) is 9.14. The molecule has 0 bridgehead atoms. The summed E-state index contributed by atoms with van der Waals surface area (Å²) in [7, 11) is 0. The second-order valence-corrected chi connectivity index (χ2v) is 6.83. The highest BCUT2D eigenvalue weighted by atomic mass is 16.7. The summed E-state index contributed by atoms with van der Waals surface area (Å²) in [6.45, 7) is 2.11. The number of aliphatic hydroxyl groups excluding tert-OH is 4. The molecule has 0 aromatic carbocycles. The van der Waals surface area contributed by atoms with Crippen LogP contribution in [0.4, 0.5) is 0 Å². The molecule has 0 aromatic rings. The van der Waals surface area contributed by atoms with E-state index in [9.17, 15) is 34.8 Å². The van der Waals surface area contributed by atoms with Gasteiger partial charge >= 0.3 is 17.9 Å². The number of hydrogen-bond donors (Lipinski definition) is 4. The molecule has 2 aliphatic heterocycles. The summed E-state index contributed by atoms with van der Waals surface area (Å²) in [5.41, 5.74) is 0. The van der Waals surface area contributed by atoms with E-state index in [1.807, 2.05) is 0 Å². The van der Waals surface area contributed by atoms with Crippen LogP contribution in [0.15, 0.2) is 0 Å². The Kier molecular flexibility index (Phi) is 8.49. The Balaban J connectivity index is 2.33. The average Bonchev–Trinajstić information content (AvgIpc) is 2.64. The summed E-state index contributed by atoms with van der Waals surface area (Å²) in [5, 5.41) is 39.8. The zero-order valence-corrected chi connectivity index (χ0v) is 16.6. The summed E-state index contributed by atoms with van der Waals surface area (Å²) in [6, 6.07) is 0. The lowest BCUT2D eigenvalue weighted by Crippen LogP contribution is -2.64. The SMILES string of the molecule is CC(=O)O[C@H]1[C@@H](OC(C)=O)[C@H](O)O[C@H](CO)[C@H]1O[C@@H]1OC[C@@H](O)[C@H](O)[C@H]1OC(C)=O. The lowest BCUT2D eigenvalue weighted by molar-refractivity contribution is -0.344. The quantitative estimate of drug-likeness (QED) is 0.242. The number of aliphatic hydroxyl groups is 4. The van der Waals surface area contributed by atoms with Crippen LogP contribution in [-0.4, -0.2) is 107 Å². The van der Waals surface area contributed by atoms with Gasteiger partial charge in [0.1, 0.15) is 24.4 Å². The standard InChI is InChI=1S/C17H26O13/c1-6(19)26-13-11(23)9(22)5-25-17(13)30-12-10(4-18)29-16(24)15(28-8(3)21)14(12)27-7(2)20/h9-18,22-24H,4-5H2,1-3H3/t9-,10-,11+,12-,13-,14-,15-,16-,17+/m1/s1. The van der Waals surface area contributed by atoms with Gasteiger partial charge in [0.25, 0.3) is 0 Å². The Labute approximate surface area is 171 Å². The number of esters is 3. The van der Waals surface area contributed by atoms with Crippen LogP contribution in [0, 0.1) is 0 Å². The normalized spacial score (nSPS) is 39.1. The van der Waals surface area contributed by atoms with Crippen molar-refractivity contribution < 1.29 is 63.2 Å². The fraction of sp³-hybridized carbons (Fsp3) is 0.824. The van der Waals surface area contributed by atoms with Gasteiger partial charge in [-0.15, -0.1) is 0 Å². The van der Waals surface area contributed by atoms with E-state index in [1.165, 1.54) is 0 Å². The maximum atomic E-state index is 11.6. The summed E-state index contributed by atoms with van der Waals surface area (Å²) in [4.78, 5) is 34.4. The van der Waals surface area contributed by atoms with Crippen molar-refractivity contribution in [1.82, 2.24) is 0 Å². The van der Waals surface area contributed by atoms with Crippen LogP contribution >= 0.6 is 0 Å². The van der Waals surface area contributed by atoms with E-state index < -0.39 is 79.8 Å². The van der Waals surface area contributed by atoms with Crippen molar-refractivity contribution in [3.63, 3.8) is 0 Å². The van der Waals surface area contributed by atoms with Crippen LogP contribution in [0.1, 0.15) is 20.8 Å². The molecule has 9 atom stereocenters. The van der Waals surface area contributed by atoms with E-state index >= 15 is 0 Å². The topological polar surface area (TPSA) is 188 Å². The molecule has 2 rings (SSSR count). The molecule has 0 spiro atoms. The van der Waals surface area contributed by atoms with Crippen LogP contribution < -0.4 is 0 Å². The highest BCUT2D eigenvalue weighted by molar-refractivity contribution is 5.67. The van der Waals surface area contributed by atoms with Crippen LogP contribution in [0.25, 0.3) is 0 Å². The first kappa shape index (κ1) is 24.4. The molecule has 0 aliphatic carbocycles. The summed E-state index contributed by atoms with van der Waals surface area (Å²) < 4.78 is 31.4. The monoisotopic (exact) mass is 438 g/mol. The Morgan fingerprint density at radius 3 is 1.93 bits per heavy atom. The van der Waals surface area contributed by atoms with E-state index in [4.69, 9.17) is 28.4 Å². The second-order valence-electron chi connectivity index (χ2n) is 6.83. The lowest BCUT2D eigenvalue weighted by atomic mass is 9.97. The molecule has 2 saturated heterocycles. The molecule has 30 heavy (non-hydrogen) atoms. The third-order valence-corrected chi connectivity index (χ3v) is 4.42. The molecule has 4 N–H and O–H groups in total. The Hall–Kier alpha value is -1.87. The molecule has 2 aliphatic rings. The zero-order chi connectivity index (χ0) is 22.6. The molecule has 13 nitrogen and oxygen atoms in total. The van der Waals surface area contributed by atoms with Gasteiger partial charge in [-0.25, -0.2) is 0 Å². The van der Waals surface area contributed by atoms with E-state index in [-0.39, 0.29) is 6.61 Å². The Morgan fingerprint density at radius 1 is 0.867 bits per heavy atom. The molecule has 0 amide bonds. The van der Waals surface area contributed by atoms with Gasteiger partial charge in [-0.05, 0) is 0 Å².